The summed E-state index contributed by atoms with van der Waals surface area (Å²) in [5.74, 6) is 10.0. The third-order valence-corrected chi connectivity index (χ3v) is 22.0. The number of carboxylic acids is 3. The zero-order valence-electron chi connectivity index (χ0n) is 63.9. The number of likely N-dealkylation sites (N-methyl/N-ethyl adjacent to an activating group) is 1. The van der Waals surface area contributed by atoms with E-state index in [0.29, 0.717) is 30.7 Å². The van der Waals surface area contributed by atoms with Gasteiger partial charge in [0.25, 0.3) is 0 Å². The van der Waals surface area contributed by atoms with Gasteiger partial charge in [-0.25, -0.2) is 0 Å². The normalized spacial score (nSPS) is 28.3. The van der Waals surface area contributed by atoms with Gasteiger partial charge in [-0.1, -0.05) is 253 Å². The second-order valence-corrected chi connectivity index (χ2v) is 33.1. The second-order valence-electron chi connectivity index (χ2n) is 33.1. The number of aliphatic carboxylic acids is 3. The fourth-order valence-corrected chi connectivity index (χ4v) is 15.6. The van der Waals surface area contributed by atoms with E-state index < -0.39 is 30.0 Å². The molecule has 0 unspecified atom stereocenters. The number of nitrogens with two attached hydrogens (primary N) is 3. The van der Waals surface area contributed by atoms with Gasteiger partial charge in [0.15, 0.2) is 0 Å². The minimum atomic E-state index is -0.958. The maximum absolute atomic E-state index is 11.3. The van der Waals surface area contributed by atoms with Crippen LogP contribution >= 0.6 is 0 Å². The molecule has 94 heavy (non-hydrogen) atoms. The zero-order valence-corrected chi connectivity index (χ0v) is 63.9. The molecular weight excluding hydrogens is 1170 g/mol. The number of nitrogens with zero attached hydrogens (tertiary/aromatic N) is 2. The van der Waals surface area contributed by atoms with Crippen LogP contribution in [0, 0.1) is 102 Å². The van der Waals surface area contributed by atoms with Gasteiger partial charge >= 0.3 is 17.9 Å². The summed E-state index contributed by atoms with van der Waals surface area (Å²) in [5, 5.41) is 32.0. The number of carboxylic acid groups (broad SMARTS) is 3. The molecule has 6 aliphatic carbocycles. The number of carbonyl (C=O) groups is 4. The molecule has 6 fully saturated rings. The van der Waals surface area contributed by atoms with Crippen molar-refractivity contribution in [3.8, 4) is 0 Å². The Morgan fingerprint density at radius 1 is 0.426 bits per heavy atom. The quantitative estimate of drug-likeness (QED) is 0.0481. The highest BCUT2D eigenvalue weighted by Gasteiger charge is 2.27. The Balaban J connectivity index is 0.000000548. The van der Waals surface area contributed by atoms with E-state index in [1.54, 1.807) is 7.05 Å². The number of benzene rings is 1. The third-order valence-electron chi connectivity index (χ3n) is 22.0. The van der Waals surface area contributed by atoms with E-state index in [2.05, 4.69) is 111 Å². The Morgan fingerprint density at radius 3 is 1.04 bits per heavy atom. The fourth-order valence-electron chi connectivity index (χ4n) is 15.6. The molecule has 0 aromatic heterocycles. The molecule has 11 N–H and O–H groups in total. The van der Waals surface area contributed by atoms with Crippen LogP contribution in [0.2, 0.25) is 0 Å². The average Bonchev–Trinajstić information content (AvgIpc) is 1.93. The zero-order chi connectivity index (χ0) is 70.9. The summed E-state index contributed by atoms with van der Waals surface area (Å²) < 4.78 is 0. The lowest BCUT2D eigenvalue weighted by Crippen LogP contribution is -2.35. The van der Waals surface area contributed by atoms with Crippen LogP contribution in [0.5, 0.6) is 0 Å². The number of carbonyl (C=O) groups excluding carboxylic acids is 1. The van der Waals surface area contributed by atoms with Gasteiger partial charge in [-0.3, -0.25) is 19.2 Å². The first-order chi connectivity index (χ1) is 44.3. The maximum atomic E-state index is 11.3. The van der Waals surface area contributed by atoms with Gasteiger partial charge in [-0.05, 0) is 182 Å². The standard InChI is InChI=1S/C13H27N.C12H26N2.C12H23NO.C12H25N.C11H20O2.C10H19NO2.C10H13NO2/c1-11-5-7-13(8-6-11)9-12(2)10-14(3)4;1-10-4-6-11(7-5-10)8-12(13)9-14(2)3;1-9-4-6-11(7-5-9)8-10(2)12(14)13-3;1-10-4-6-12(7-5-10)8-11(2)9-13-3;1-8-3-5-10(6-4-8)7-9(2)11(12)13;2*1-7-2-4-8(5-3-7)6-9(11)10(12)13/h11-13H,5-10H2,1-4H3;10-12H,4-9,13H2,1-3H3;9-11H,4-8H2,1-3H3,(H,13,14);10-13H,4-9H2,1-3H3;8-10H,3-7H2,1-2H3,(H,12,13);7-9H,2-6,11H2,1H3,(H,12,13);2-5,9H,6,11H2,1H3,(H,12,13)/t11?,12-,13?;10?,11?,12-;9?,10-,11?;10?,11-,12?;8?,9-,10?;7?,8?,9-;9-/m0000000/s1. The van der Waals surface area contributed by atoms with E-state index in [9.17, 15) is 19.2 Å². The average molecular weight is 1330 g/mol. The van der Waals surface area contributed by atoms with Crippen LogP contribution in [0.3, 0.4) is 0 Å². The van der Waals surface area contributed by atoms with Crippen molar-refractivity contribution in [3.63, 3.8) is 0 Å². The first-order valence-corrected chi connectivity index (χ1v) is 38.4. The van der Waals surface area contributed by atoms with Gasteiger partial charge in [0.1, 0.15) is 12.1 Å². The lowest BCUT2D eigenvalue weighted by atomic mass is 9.79. The number of amides is 1. The summed E-state index contributed by atoms with van der Waals surface area (Å²) in [6.45, 7) is 28.1. The molecule has 0 spiro atoms. The van der Waals surface area contributed by atoms with Gasteiger partial charge in [0.2, 0.25) is 5.91 Å². The lowest BCUT2D eigenvalue weighted by Gasteiger charge is -2.29. The highest BCUT2D eigenvalue weighted by atomic mass is 16.4. The van der Waals surface area contributed by atoms with Gasteiger partial charge in [-0.15, -0.1) is 0 Å². The van der Waals surface area contributed by atoms with Crippen molar-refractivity contribution < 1.29 is 34.5 Å². The van der Waals surface area contributed by atoms with Crippen molar-refractivity contribution in [2.75, 3.05) is 61.9 Å². The van der Waals surface area contributed by atoms with Crippen molar-refractivity contribution in [1.82, 2.24) is 20.4 Å². The van der Waals surface area contributed by atoms with Crippen LogP contribution in [-0.4, -0.2) is 129 Å². The van der Waals surface area contributed by atoms with E-state index in [0.717, 1.165) is 114 Å². The molecule has 0 aliphatic heterocycles. The molecule has 1 aromatic carbocycles. The predicted molar refractivity (Wildman–Crippen MR) is 398 cm³/mol. The second kappa shape index (κ2) is 51.1. The highest BCUT2D eigenvalue weighted by Crippen LogP contribution is 2.37. The number of nitrogens with one attached hydrogen (secondary N) is 2. The van der Waals surface area contributed by atoms with Crippen LogP contribution < -0.4 is 27.8 Å². The minimum Gasteiger partial charge on any atom is -0.481 e. The summed E-state index contributed by atoms with van der Waals surface area (Å²) >= 11 is 0. The molecule has 14 heteroatoms. The largest absolute Gasteiger partial charge is 0.481 e. The number of rotatable bonds is 24. The van der Waals surface area contributed by atoms with Gasteiger partial charge in [-0.2, -0.15) is 0 Å². The van der Waals surface area contributed by atoms with Crippen LogP contribution in [0.25, 0.3) is 0 Å². The molecule has 6 aliphatic rings. The SMILES string of the molecule is CC1CCC(C[C@H](C)C(=O)O)CC1.CC1CCC(C[C@H](C)CN(C)C)CC1.CC1CCC(C[C@H](N)C(=O)O)CC1.CC1CCC(C[C@H](N)CN(C)C)CC1.CNC(=O)[C@@H](C)CC1CCC(C)CC1.CNC[C@@H](C)CC1CCC(C)CC1.Cc1ccc(C[C@H](N)C(=O)O)cc1. The number of hydrogen-bond acceptors (Lipinski definition) is 10. The van der Waals surface area contributed by atoms with Crippen molar-refractivity contribution in [2.45, 2.75) is 293 Å². The molecule has 7 rings (SSSR count). The van der Waals surface area contributed by atoms with E-state index >= 15 is 0 Å². The number of hydrogen-bond donors (Lipinski definition) is 8. The third kappa shape index (κ3) is 44.7. The van der Waals surface area contributed by atoms with Crippen molar-refractivity contribution >= 4 is 23.8 Å². The van der Waals surface area contributed by atoms with Crippen LogP contribution in [0.1, 0.15) is 273 Å². The molecule has 1 aromatic rings. The Hall–Kier alpha value is -3.14. The van der Waals surface area contributed by atoms with Crippen LogP contribution in [0.4, 0.5) is 0 Å². The van der Waals surface area contributed by atoms with E-state index in [1.165, 1.54) is 174 Å². The monoisotopic (exact) mass is 1320 g/mol. The summed E-state index contributed by atoms with van der Waals surface area (Å²) in [5.41, 5.74) is 19.1. The first-order valence-electron chi connectivity index (χ1n) is 38.4. The first kappa shape index (κ1) is 88.9. The molecule has 7 atom stereocenters. The van der Waals surface area contributed by atoms with E-state index in [4.69, 9.17) is 32.5 Å². The Labute approximate surface area is 578 Å². The van der Waals surface area contributed by atoms with Gasteiger partial charge in [0.05, 0.1) is 5.92 Å². The van der Waals surface area contributed by atoms with E-state index in [-0.39, 0.29) is 17.7 Å². The van der Waals surface area contributed by atoms with E-state index in [1.807, 2.05) is 45.0 Å². The lowest BCUT2D eigenvalue weighted by molar-refractivity contribution is -0.142. The summed E-state index contributed by atoms with van der Waals surface area (Å²) in [6, 6.07) is 6.62. The molecular formula is C80H153N7O7. The Morgan fingerprint density at radius 2 is 0.734 bits per heavy atom. The van der Waals surface area contributed by atoms with Gasteiger partial charge in [0, 0.05) is 32.1 Å². The predicted octanol–water partition coefficient (Wildman–Crippen LogP) is 16.6. The molecule has 6 saturated carbocycles. The minimum absolute atomic E-state index is 0.154. The summed E-state index contributed by atoms with van der Waals surface area (Å²) in [6.07, 6.45) is 39.7. The molecule has 1 amide bonds. The Bertz CT molecular complexity index is 1970. The molecule has 0 radical (unpaired) electrons. The highest BCUT2D eigenvalue weighted by molar-refractivity contribution is 5.77. The molecule has 14 nitrogen and oxygen atoms in total. The van der Waals surface area contributed by atoms with Crippen LogP contribution in [0.15, 0.2) is 24.3 Å². The summed E-state index contributed by atoms with van der Waals surface area (Å²) in [7, 11) is 12.3. The topological polar surface area (TPSA) is 238 Å². The van der Waals surface area contributed by atoms with Crippen LogP contribution in [-0.2, 0) is 25.6 Å². The molecule has 0 bridgehead atoms. The molecule has 0 heterocycles. The smallest absolute Gasteiger partial charge is 0.320 e. The molecule has 550 valence electrons. The Kier molecular flexibility index (Phi) is 48.3. The van der Waals surface area contributed by atoms with Crippen molar-refractivity contribution in [2.24, 2.45) is 112 Å². The number of aryl methyl sites for hydroxylation is 1. The molecule has 0 saturated heterocycles. The van der Waals surface area contributed by atoms with Gasteiger partial charge < -0.3 is 53.0 Å². The van der Waals surface area contributed by atoms with Crippen molar-refractivity contribution in [1.29, 1.82) is 0 Å². The maximum Gasteiger partial charge on any atom is 0.320 e. The summed E-state index contributed by atoms with van der Waals surface area (Å²) in [4.78, 5) is 47.4. The fraction of sp³-hybridized carbons (Fsp3) is 0.875. The van der Waals surface area contributed by atoms with Crippen molar-refractivity contribution in [3.05, 3.63) is 35.4 Å².